The van der Waals surface area contributed by atoms with Gasteiger partial charge in [-0.2, -0.15) is 11.8 Å². The average molecular weight is 295 g/mol. The van der Waals surface area contributed by atoms with E-state index in [9.17, 15) is 4.79 Å². The van der Waals surface area contributed by atoms with E-state index in [1.807, 2.05) is 23.2 Å². The second-order valence-corrected chi connectivity index (χ2v) is 6.70. The van der Waals surface area contributed by atoms with Crippen LogP contribution in [0.3, 0.4) is 0 Å². The molecule has 0 bridgehead atoms. The van der Waals surface area contributed by atoms with Crippen molar-refractivity contribution in [3.8, 4) is 11.8 Å². The van der Waals surface area contributed by atoms with Crippen LogP contribution in [0.5, 0.6) is 0 Å². The molecule has 1 amide bonds. The molecule has 1 saturated carbocycles. The van der Waals surface area contributed by atoms with Gasteiger partial charge < -0.3 is 10.4 Å². The van der Waals surface area contributed by atoms with Gasteiger partial charge in [0.1, 0.15) is 4.88 Å². The number of hydrogen-bond acceptors (Lipinski definition) is 4. The van der Waals surface area contributed by atoms with Crippen molar-refractivity contribution in [3.05, 3.63) is 21.9 Å². The van der Waals surface area contributed by atoms with Crippen molar-refractivity contribution < 1.29 is 9.90 Å². The van der Waals surface area contributed by atoms with E-state index in [0.29, 0.717) is 11.3 Å². The number of carbonyl (C=O) groups excluding carboxylic acids is 1. The first-order chi connectivity index (χ1) is 9.21. The molecule has 1 aliphatic rings. The standard InChI is InChI=1S/C14H17NO2S2/c1-18-14(6-7-14)10-15-13(17)12-11(5-9-19-12)4-2-3-8-16/h5,9,16H,3,6-8,10H2,1H3,(H,15,17). The summed E-state index contributed by atoms with van der Waals surface area (Å²) in [6, 6.07) is 1.85. The van der Waals surface area contributed by atoms with Gasteiger partial charge in [-0.1, -0.05) is 11.8 Å². The number of nitrogens with one attached hydrogen (secondary N) is 1. The van der Waals surface area contributed by atoms with Gasteiger partial charge >= 0.3 is 0 Å². The van der Waals surface area contributed by atoms with Crippen LogP contribution < -0.4 is 5.32 Å². The van der Waals surface area contributed by atoms with Crippen LogP contribution in [-0.4, -0.2) is 35.2 Å². The number of carbonyl (C=O) groups is 1. The number of rotatable bonds is 5. The number of hydrogen-bond donors (Lipinski definition) is 2. The zero-order valence-electron chi connectivity index (χ0n) is 10.9. The van der Waals surface area contributed by atoms with Crippen LogP contribution in [0.4, 0.5) is 0 Å². The van der Waals surface area contributed by atoms with Gasteiger partial charge in [-0.25, -0.2) is 0 Å². The Hall–Kier alpha value is -0.960. The number of aliphatic hydroxyl groups excluding tert-OH is 1. The minimum absolute atomic E-state index is 0.0383. The molecule has 0 radical (unpaired) electrons. The maximum absolute atomic E-state index is 12.1. The van der Waals surface area contributed by atoms with E-state index in [1.54, 1.807) is 0 Å². The molecule has 5 heteroatoms. The van der Waals surface area contributed by atoms with E-state index in [4.69, 9.17) is 5.11 Å². The van der Waals surface area contributed by atoms with Gasteiger partial charge in [0.05, 0.1) is 6.61 Å². The lowest BCUT2D eigenvalue weighted by atomic mass is 10.2. The molecule has 19 heavy (non-hydrogen) atoms. The van der Waals surface area contributed by atoms with Crippen molar-refractivity contribution in [2.24, 2.45) is 0 Å². The van der Waals surface area contributed by atoms with E-state index < -0.39 is 0 Å². The summed E-state index contributed by atoms with van der Waals surface area (Å²) in [7, 11) is 0. The summed E-state index contributed by atoms with van der Waals surface area (Å²) in [6.45, 7) is 0.781. The van der Waals surface area contributed by atoms with Gasteiger partial charge in [-0.05, 0) is 30.5 Å². The molecule has 0 atom stereocenters. The number of thiophene rings is 1. The maximum atomic E-state index is 12.1. The van der Waals surface area contributed by atoms with Crippen LogP contribution in [0.25, 0.3) is 0 Å². The molecule has 0 saturated heterocycles. The highest BCUT2D eigenvalue weighted by molar-refractivity contribution is 8.00. The van der Waals surface area contributed by atoms with E-state index in [0.717, 1.165) is 12.1 Å². The van der Waals surface area contributed by atoms with Crippen LogP contribution in [0.1, 0.15) is 34.5 Å². The number of thioether (sulfide) groups is 1. The molecule has 102 valence electrons. The van der Waals surface area contributed by atoms with Crippen molar-refractivity contribution in [2.45, 2.75) is 24.0 Å². The fraction of sp³-hybridized carbons (Fsp3) is 0.500. The van der Waals surface area contributed by atoms with Gasteiger partial charge in [-0.15, -0.1) is 11.3 Å². The Morgan fingerprint density at radius 2 is 2.42 bits per heavy atom. The molecule has 1 aliphatic carbocycles. The summed E-state index contributed by atoms with van der Waals surface area (Å²) in [5.74, 6) is 5.75. The lowest BCUT2D eigenvalue weighted by Crippen LogP contribution is -2.31. The quantitative estimate of drug-likeness (QED) is 0.818. The molecule has 1 aromatic heterocycles. The molecule has 0 aliphatic heterocycles. The second-order valence-electron chi connectivity index (χ2n) is 4.51. The topological polar surface area (TPSA) is 49.3 Å². The average Bonchev–Trinajstić information content (AvgIpc) is 3.07. The monoisotopic (exact) mass is 295 g/mol. The molecular weight excluding hydrogens is 278 g/mol. The highest BCUT2D eigenvalue weighted by Crippen LogP contribution is 2.46. The van der Waals surface area contributed by atoms with Crippen LogP contribution in [0.15, 0.2) is 11.4 Å². The normalized spacial score (nSPS) is 15.5. The third kappa shape index (κ3) is 3.75. The van der Waals surface area contributed by atoms with Gasteiger partial charge in [0.25, 0.3) is 5.91 Å². The first-order valence-electron chi connectivity index (χ1n) is 6.21. The van der Waals surface area contributed by atoms with Crippen LogP contribution in [0.2, 0.25) is 0 Å². The lowest BCUT2D eigenvalue weighted by Gasteiger charge is -2.12. The molecule has 2 rings (SSSR count). The zero-order chi connectivity index (χ0) is 13.7. The number of aliphatic hydroxyl groups is 1. The first-order valence-corrected chi connectivity index (χ1v) is 8.32. The summed E-state index contributed by atoms with van der Waals surface area (Å²) in [4.78, 5) is 12.8. The lowest BCUT2D eigenvalue weighted by molar-refractivity contribution is 0.0957. The maximum Gasteiger partial charge on any atom is 0.262 e. The molecule has 1 aromatic rings. The zero-order valence-corrected chi connectivity index (χ0v) is 12.5. The van der Waals surface area contributed by atoms with Gasteiger partial charge in [0.15, 0.2) is 0 Å². The Kier molecular flexibility index (Phi) is 4.92. The van der Waals surface area contributed by atoms with Gasteiger partial charge in [0, 0.05) is 23.3 Å². The highest BCUT2D eigenvalue weighted by Gasteiger charge is 2.42. The van der Waals surface area contributed by atoms with E-state index in [1.165, 1.54) is 24.2 Å². The summed E-state index contributed by atoms with van der Waals surface area (Å²) < 4.78 is 0.273. The summed E-state index contributed by atoms with van der Waals surface area (Å²) in [5, 5.41) is 13.6. The predicted octanol–water partition coefficient (Wildman–Crippen LogP) is 2.11. The van der Waals surface area contributed by atoms with Crippen molar-refractivity contribution in [1.29, 1.82) is 0 Å². The Bertz CT molecular complexity index is 509. The summed E-state index contributed by atoms with van der Waals surface area (Å²) >= 11 is 3.24. The van der Waals surface area contributed by atoms with Crippen molar-refractivity contribution >= 4 is 29.0 Å². The third-order valence-corrected chi connectivity index (χ3v) is 5.47. The smallest absolute Gasteiger partial charge is 0.262 e. The molecule has 0 unspecified atom stereocenters. The van der Waals surface area contributed by atoms with Crippen LogP contribution in [-0.2, 0) is 0 Å². The molecule has 3 nitrogen and oxygen atoms in total. The van der Waals surface area contributed by atoms with Gasteiger partial charge in [-0.3, -0.25) is 4.79 Å². The largest absolute Gasteiger partial charge is 0.395 e. The fourth-order valence-electron chi connectivity index (χ4n) is 1.71. The predicted molar refractivity (Wildman–Crippen MR) is 80.7 cm³/mol. The van der Waals surface area contributed by atoms with Crippen LogP contribution >= 0.6 is 23.1 Å². The summed E-state index contributed by atoms with van der Waals surface area (Å²) in [6.07, 6.45) is 4.90. The third-order valence-electron chi connectivity index (χ3n) is 3.14. The van der Waals surface area contributed by atoms with E-state index >= 15 is 0 Å². The van der Waals surface area contributed by atoms with Crippen molar-refractivity contribution in [3.63, 3.8) is 0 Å². The Morgan fingerprint density at radius 1 is 1.63 bits per heavy atom. The second kappa shape index (κ2) is 6.47. The Labute approximate surface area is 121 Å². The Balaban J connectivity index is 1.96. The number of amides is 1. The molecule has 0 spiro atoms. The molecule has 0 aromatic carbocycles. The fourth-order valence-corrected chi connectivity index (χ4v) is 3.20. The molecular formula is C14H17NO2S2. The van der Waals surface area contributed by atoms with Crippen molar-refractivity contribution in [2.75, 3.05) is 19.4 Å². The molecule has 1 heterocycles. The molecule has 1 fully saturated rings. The molecule has 2 N–H and O–H groups in total. The summed E-state index contributed by atoms with van der Waals surface area (Å²) in [5.41, 5.74) is 0.755. The van der Waals surface area contributed by atoms with Crippen molar-refractivity contribution in [1.82, 2.24) is 5.32 Å². The minimum atomic E-state index is -0.0383. The minimum Gasteiger partial charge on any atom is -0.395 e. The van der Waals surface area contributed by atoms with Gasteiger partial charge in [0.2, 0.25) is 0 Å². The van der Waals surface area contributed by atoms with E-state index in [-0.39, 0.29) is 17.3 Å². The Morgan fingerprint density at radius 3 is 3.05 bits per heavy atom. The SMILES string of the molecule is CSC1(CNC(=O)c2sccc2C#CCCO)CC1. The highest BCUT2D eigenvalue weighted by atomic mass is 32.2. The first kappa shape index (κ1) is 14.4. The van der Waals surface area contributed by atoms with Crippen LogP contribution in [0, 0.1) is 11.8 Å². The van der Waals surface area contributed by atoms with E-state index in [2.05, 4.69) is 23.4 Å².